The van der Waals surface area contributed by atoms with Crippen molar-refractivity contribution in [1.29, 1.82) is 0 Å². The van der Waals surface area contributed by atoms with E-state index in [0.29, 0.717) is 49.1 Å². The molecule has 11 nitrogen and oxygen atoms in total. The van der Waals surface area contributed by atoms with E-state index in [0.717, 1.165) is 5.69 Å². The van der Waals surface area contributed by atoms with E-state index in [1.54, 1.807) is 36.3 Å². The second kappa shape index (κ2) is 12.2. The highest BCUT2D eigenvalue weighted by atomic mass is 35.5. The number of benzene rings is 2. The second-order valence-electron chi connectivity index (χ2n) is 8.12. The second-order valence-corrected chi connectivity index (χ2v) is 8.53. The van der Waals surface area contributed by atoms with Crippen molar-refractivity contribution in [3.63, 3.8) is 0 Å². The Hall–Kier alpha value is -4.51. The fraction of sp³-hybridized carbons (Fsp3) is 0.231. The molecule has 2 amide bonds. The SMILES string of the molecule is C=CC(=O)Nc1cccc(Oc2nc(Nc3ccc(N4CCN(C(=O)OC)CC4)cc3OC)ncc2Cl)c1. The van der Waals surface area contributed by atoms with Crippen LogP contribution in [0.4, 0.5) is 27.8 Å². The Kier molecular flexibility index (Phi) is 8.49. The Morgan fingerprint density at radius 3 is 2.61 bits per heavy atom. The molecule has 198 valence electrons. The fourth-order valence-corrected chi connectivity index (χ4v) is 3.93. The van der Waals surface area contributed by atoms with E-state index in [4.69, 9.17) is 25.8 Å². The number of anilines is 4. The maximum absolute atomic E-state index is 11.8. The van der Waals surface area contributed by atoms with E-state index >= 15 is 0 Å². The third-order valence-electron chi connectivity index (χ3n) is 5.72. The molecule has 1 fully saturated rings. The van der Waals surface area contributed by atoms with Gasteiger partial charge in [-0.2, -0.15) is 4.98 Å². The molecule has 0 radical (unpaired) electrons. The van der Waals surface area contributed by atoms with Crippen LogP contribution < -0.4 is 25.0 Å². The molecule has 2 aromatic carbocycles. The number of halogens is 1. The summed E-state index contributed by atoms with van der Waals surface area (Å²) in [5, 5.41) is 6.02. The van der Waals surface area contributed by atoms with Crippen LogP contribution >= 0.6 is 11.6 Å². The summed E-state index contributed by atoms with van der Waals surface area (Å²) in [6, 6.07) is 12.5. The lowest BCUT2D eigenvalue weighted by atomic mass is 10.2. The molecule has 0 saturated carbocycles. The molecule has 1 saturated heterocycles. The van der Waals surface area contributed by atoms with E-state index in [-0.39, 0.29) is 28.9 Å². The average Bonchev–Trinajstić information content (AvgIpc) is 2.94. The monoisotopic (exact) mass is 538 g/mol. The predicted octanol–water partition coefficient (Wildman–Crippen LogP) is 4.69. The van der Waals surface area contributed by atoms with Gasteiger partial charge in [0.1, 0.15) is 16.5 Å². The summed E-state index contributed by atoms with van der Waals surface area (Å²) >= 11 is 6.28. The molecule has 0 unspecified atom stereocenters. The molecule has 2 N–H and O–H groups in total. The Morgan fingerprint density at radius 1 is 1.11 bits per heavy atom. The molecule has 1 aromatic heterocycles. The zero-order valence-corrected chi connectivity index (χ0v) is 21.7. The number of ether oxygens (including phenoxy) is 3. The molecule has 2 heterocycles. The summed E-state index contributed by atoms with van der Waals surface area (Å²) in [6.07, 6.45) is 2.29. The fourth-order valence-electron chi connectivity index (χ4n) is 3.80. The number of nitrogens with one attached hydrogen (secondary N) is 2. The number of rotatable bonds is 8. The van der Waals surface area contributed by atoms with Crippen molar-refractivity contribution in [3.05, 3.63) is 66.3 Å². The van der Waals surface area contributed by atoms with Crippen LogP contribution in [0.2, 0.25) is 5.02 Å². The lowest BCUT2D eigenvalue weighted by molar-refractivity contribution is -0.111. The maximum Gasteiger partial charge on any atom is 0.409 e. The van der Waals surface area contributed by atoms with Crippen molar-refractivity contribution in [3.8, 4) is 17.4 Å². The van der Waals surface area contributed by atoms with Crippen molar-refractivity contribution < 1.29 is 23.8 Å². The van der Waals surface area contributed by atoms with Crippen molar-refractivity contribution in [2.45, 2.75) is 0 Å². The standard InChI is InChI=1S/C26H27ClN6O5/c1-4-23(34)29-17-6-5-7-19(14-17)38-24-20(27)16-28-25(31-24)30-21-9-8-18(15-22(21)36-2)32-10-12-33(13-11-32)26(35)37-3/h4-9,14-16H,1,10-13H2,2-3H3,(H,29,34)(H,28,30,31). The number of hydrogen-bond donors (Lipinski definition) is 2. The topological polar surface area (TPSA) is 118 Å². The van der Waals surface area contributed by atoms with Crippen LogP contribution in [-0.4, -0.2) is 67.3 Å². The molecule has 4 rings (SSSR count). The molecule has 1 aliphatic rings. The first-order valence-electron chi connectivity index (χ1n) is 11.7. The summed E-state index contributed by atoms with van der Waals surface area (Å²) in [6.45, 7) is 5.92. The van der Waals surface area contributed by atoms with Gasteiger partial charge in [0, 0.05) is 49.7 Å². The van der Waals surface area contributed by atoms with Gasteiger partial charge in [-0.05, 0) is 30.3 Å². The largest absolute Gasteiger partial charge is 0.494 e. The minimum Gasteiger partial charge on any atom is -0.494 e. The van der Waals surface area contributed by atoms with Crippen molar-refractivity contribution in [1.82, 2.24) is 14.9 Å². The molecule has 3 aromatic rings. The molecule has 1 aliphatic heterocycles. The number of hydrogen-bond acceptors (Lipinski definition) is 9. The Labute approximate surface area is 225 Å². The van der Waals surface area contributed by atoms with Crippen LogP contribution in [0.25, 0.3) is 0 Å². The lowest BCUT2D eigenvalue weighted by Gasteiger charge is -2.35. The molecule has 38 heavy (non-hydrogen) atoms. The third-order valence-corrected chi connectivity index (χ3v) is 5.98. The number of amides is 2. The van der Waals surface area contributed by atoms with E-state index in [2.05, 4.69) is 32.1 Å². The highest BCUT2D eigenvalue weighted by molar-refractivity contribution is 6.31. The van der Waals surface area contributed by atoms with Gasteiger partial charge >= 0.3 is 6.09 Å². The van der Waals surface area contributed by atoms with E-state index in [9.17, 15) is 9.59 Å². The zero-order chi connectivity index (χ0) is 27.1. The summed E-state index contributed by atoms with van der Waals surface area (Å²) in [4.78, 5) is 35.8. The zero-order valence-electron chi connectivity index (χ0n) is 20.9. The van der Waals surface area contributed by atoms with Crippen molar-refractivity contribution in [2.75, 3.05) is 55.9 Å². The highest BCUT2D eigenvalue weighted by Gasteiger charge is 2.22. The molecular weight excluding hydrogens is 512 g/mol. The molecule has 12 heteroatoms. The first-order chi connectivity index (χ1) is 18.4. The Bertz CT molecular complexity index is 1330. The highest BCUT2D eigenvalue weighted by Crippen LogP contribution is 2.34. The number of aromatic nitrogens is 2. The lowest BCUT2D eigenvalue weighted by Crippen LogP contribution is -2.48. The third kappa shape index (κ3) is 6.43. The van der Waals surface area contributed by atoms with Crippen LogP contribution in [0.15, 0.2) is 61.3 Å². The molecule has 0 atom stereocenters. The van der Waals surface area contributed by atoms with E-state index in [1.165, 1.54) is 19.4 Å². The van der Waals surface area contributed by atoms with Crippen LogP contribution in [0.5, 0.6) is 17.4 Å². The van der Waals surface area contributed by atoms with Gasteiger partial charge in [-0.25, -0.2) is 9.78 Å². The smallest absolute Gasteiger partial charge is 0.409 e. The van der Waals surface area contributed by atoms with Gasteiger partial charge in [-0.3, -0.25) is 4.79 Å². The van der Waals surface area contributed by atoms with Gasteiger partial charge in [0.2, 0.25) is 17.7 Å². The summed E-state index contributed by atoms with van der Waals surface area (Å²) in [7, 11) is 2.96. The number of carbonyl (C=O) groups excluding carboxylic acids is 2. The van der Waals surface area contributed by atoms with Crippen LogP contribution in [0.1, 0.15) is 0 Å². The van der Waals surface area contributed by atoms with Gasteiger partial charge in [0.15, 0.2) is 0 Å². The first-order valence-corrected chi connectivity index (χ1v) is 12.0. The Morgan fingerprint density at radius 2 is 1.89 bits per heavy atom. The van der Waals surface area contributed by atoms with Crippen molar-refractivity contribution >= 4 is 46.6 Å². The van der Waals surface area contributed by atoms with Crippen molar-refractivity contribution in [2.24, 2.45) is 0 Å². The predicted molar refractivity (Wildman–Crippen MR) is 145 cm³/mol. The van der Waals surface area contributed by atoms with Gasteiger partial charge in [0.05, 0.1) is 26.1 Å². The summed E-state index contributed by atoms with van der Waals surface area (Å²) < 4.78 is 16.3. The average molecular weight is 539 g/mol. The minimum absolute atomic E-state index is 0.135. The number of carbonyl (C=O) groups is 2. The maximum atomic E-state index is 11.8. The summed E-state index contributed by atoms with van der Waals surface area (Å²) in [5.41, 5.74) is 2.14. The molecule has 0 spiro atoms. The van der Waals surface area contributed by atoms with Gasteiger partial charge < -0.3 is 34.6 Å². The van der Waals surface area contributed by atoms with Crippen LogP contribution in [0, 0.1) is 0 Å². The van der Waals surface area contributed by atoms with E-state index in [1.807, 2.05) is 18.2 Å². The quantitative estimate of drug-likeness (QED) is 0.394. The van der Waals surface area contributed by atoms with Gasteiger partial charge in [-0.15, -0.1) is 0 Å². The van der Waals surface area contributed by atoms with Crippen LogP contribution in [-0.2, 0) is 9.53 Å². The summed E-state index contributed by atoms with van der Waals surface area (Å²) in [5.74, 6) is 1.06. The normalized spacial score (nSPS) is 12.9. The van der Waals surface area contributed by atoms with Gasteiger partial charge in [0.25, 0.3) is 0 Å². The molecule has 0 aliphatic carbocycles. The molecule has 0 bridgehead atoms. The molecular formula is C26H27ClN6O5. The first kappa shape index (κ1) is 26.6. The number of piperazine rings is 1. The number of methoxy groups -OCH3 is 2. The Balaban J connectivity index is 1.47. The van der Waals surface area contributed by atoms with E-state index < -0.39 is 0 Å². The minimum atomic E-state index is -0.336. The number of nitrogens with zero attached hydrogens (tertiary/aromatic N) is 4. The van der Waals surface area contributed by atoms with Gasteiger partial charge in [-0.1, -0.05) is 24.2 Å². The van der Waals surface area contributed by atoms with Crippen LogP contribution in [0.3, 0.4) is 0 Å².